The Kier molecular flexibility index (Phi) is 10.5. The summed E-state index contributed by atoms with van der Waals surface area (Å²) in [7, 11) is 9.58. The molecule has 3 aromatic carbocycles. The lowest BCUT2D eigenvalue weighted by molar-refractivity contribution is -0.130. The number of hydrogen-bond donors (Lipinski definition) is 1. The second-order valence-electron chi connectivity index (χ2n) is 10.3. The Morgan fingerprint density at radius 2 is 1.57 bits per heavy atom. The first-order chi connectivity index (χ1) is 22.8. The van der Waals surface area contributed by atoms with E-state index in [1.165, 1.54) is 31.0 Å². The highest BCUT2D eigenvalue weighted by molar-refractivity contribution is 7.99. The molecule has 1 atom stereocenters. The van der Waals surface area contributed by atoms with Gasteiger partial charge in [0.05, 0.1) is 59.6 Å². The van der Waals surface area contributed by atoms with Crippen LogP contribution in [0.1, 0.15) is 39.8 Å². The summed E-state index contributed by atoms with van der Waals surface area (Å²) >= 11 is 1.23. The number of carbonyl (C=O) groups is 2. The van der Waals surface area contributed by atoms with Crippen LogP contribution in [0.3, 0.4) is 0 Å². The van der Waals surface area contributed by atoms with Crippen molar-refractivity contribution in [2.24, 2.45) is 12.1 Å². The molecule has 4 aromatic rings. The van der Waals surface area contributed by atoms with Crippen molar-refractivity contribution in [3.63, 3.8) is 0 Å². The van der Waals surface area contributed by atoms with Crippen molar-refractivity contribution in [1.82, 2.24) is 25.1 Å². The van der Waals surface area contributed by atoms with Crippen LogP contribution in [0.25, 0.3) is 0 Å². The van der Waals surface area contributed by atoms with E-state index in [4.69, 9.17) is 28.8 Å². The Bertz CT molecular complexity index is 1750. The fourth-order valence-corrected chi connectivity index (χ4v) is 5.91. The van der Waals surface area contributed by atoms with Gasteiger partial charge in [-0.05, 0) is 48.0 Å². The minimum Gasteiger partial charge on any atom is -0.497 e. The second-order valence-corrected chi connectivity index (χ2v) is 11.3. The van der Waals surface area contributed by atoms with E-state index in [1.807, 2.05) is 42.5 Å². The van der Waals surface area contributed by atoms with Crippen LogP contribution in [-0.4, -0.2) is 78.6 Å². The molecule has 0 bridgehead atoms. The maximum Gasteiger partial charge on any atom is 0.253 e. The molecule has 14 heteroatoms. The number of benzene rings is 3. The Hall–Kier alpha value is -5.24. The van der Waals surface area contributed by atoms with Gasteiger partial charge in [0.25, 0.3) is 11.8 Å². The van der Waals surface area contributed by atoms with E-state index in [2.05, 4.69) is 15.5 Å². The lowest BCUT2D eigenvalue weighted by Gasteiger charge is -2.24. The van der Waals surface area contributed by atoms with Crippen LogP contribution in [-0.2, 0) is 18.4 Å². The predicted octanol–water partition coefficient (Wildman–Crippen LogP) is 4.26. The first-order valence-electron chi connectivity index (χ1n) is 14.6. The molecule has 1 aliphatic rings. The Balaban J connectivity index is 1.31. The Morgan fingerprint density at radius 3 is 2.21 bits per heavy atom. The number of carbonyl (C=O) groups excluding carboxylic acids is 2. The van der Waals surface area contributed by atoms with E-state index in [0.717, 1.165) is 22.6 Å². The minimum atomic E-state index is -0.425. The summed E-state index contributed by atoms with van der Waals surface area (Å²) in [6.07, 6.45) is 0.471. The molecule has 1 aromatic heterocycles. The second kappa shape index (κ2) is 14.9. The summed E-state index contributed by atoms with van der Waals surface area (Å²) in [5.41, 5.74) is 2.80. The number of para-hydroxylation sites is 1. The van der Waals surface area contributed by atoms with E-state index in [-0.39, 0.29) is 24.1 Å². The number of nitrogens with zero attached hydrogens (tertiary/aromatic N) is 5. The molecule has 5 rings (SSSR count). The van der Waals surface area contributed by atoms with Gasteiger partial charge in [0, 0.05) is 30.7 Å². The van der Waals surface area contributed by atoms with Crippen molar-refractivity contribution in [3.8, 4) is 28.7 Å². The summed E-state index contributed by atoms with van der Waals surface area (Å²) in [6, 6.07) is 17.7. The smallest absolute Gasteiger partial charge is 0.253 e. The zero-order valence-electron chi connectivity index (χ0n) is 27.0. The lowest BCUT2D eigenvalue weighted by atomic mass is 9.97. The van der Waals surface area contributed by atoms with Crippen molar-refractivity contribution < 1.29 is 33.3 Å². The Labute approximate surface area is 276 Å². The van der Waals surface area contributed by atoms with Gasteiger partial charge in [-0.25, -0.2) is 5.01 Å². The molecule has 2 amide bonds. The van der Waals surface area contributed by atoms with Gasteiger partial charge in [-0.15, -0.1) is 10.2 Å². The standard InChI is InChI=1S/C33H36N6O7S/c1-38-29(18-34-32(41)21-14-23(43-3)16-24(15-21)44-4)35-36-33(38)47-19-30(40)39-27(25-8-7-9-28(45-5)31(25)46-6)17-26(37-39)20-10-12-22(42-2)13-11-20/h7-16,27H,17-19H2,1-6H3,(H,34,41). The van der Waals surface area contributed by atoms with Crippen LogP contribution in [0.4, 0.5) is 0 Å². The van der Waals surface area contributed by atoms with Crippen molar-refractivity contribution in [3.05, 3.63) is 83.2 Å². The van der Waals surface area contributed by atoms with Gasteiger partial charge in [0.15, 0.2) is 22.5 Å². The largest absolute Gasteiger partial charge is 0.497 e. The van der Waals surface area contributed by atoms with Crippen LogP contribution in [0.15, 0.2) is 70.9 Å². The lowest BCUT2D eigenvalue weighted by Crippen LogP contribution is -2.29. The number of thioether (sulfide) groups is 1. The van der Waals surface area contributed by atoms with Crippen molar-refractivity contribution in [2.75, 3.05) is 41.3 Å². The summed E-state index contributed by atoms with van der Waals surface area (Å²) < 4.78 is 28.8. The summed E-state index contributed by atoms with van der Waals surface area (Å²) in [4.78, 5) is 26.7. The quantitative estimate of drug-likeness (QED) is 0.207. The van der Waals surface area contributed by atoms with Gasteiger partial charge < -0.3 is 33.6 Å². The number of aromatic nitrogens is 3. The molecular formula is C33H36N6O7S. The number of ether oxygens (including phenoxy) is 5. The zero-order chi connectivity index (χ0) is 33.5. The molecule has 47 heavy (non-hydrogen) atoms. The van der Waals surface area contributed by atoms with E-state index in [1.54, 1.807) is 51.1 Å². The van der Waals surface area contributed by atoms with Gasteiger partial charge >= 0.3 is 0 Å². The SMILES string of the molecule is COc1ccc(C2=NN(C(=O)CSc3nnc(CNC(=O)c4cc(OC)cc(OC)c4)n3C)C(c3cccc(OC)c3OC)C2)cc1. The first-order valence-corrected chi connectivity index (χ1v) is 15.6. The third-order valence-electron chi connectivity index (χ3n) is 7.65. The molecular weight excluding hydrogens is 624 g/mol. The van der Waals surface area contributed by atoms with Crippen LogP contribution in [0, 0.1) is 0 Å². The average Bonchev–Trinajstić information content (AvgIpc) is 3.72. The van der Waals surface area contributed by atoms with Crippen LogP contribution < -0.4 is 29.0 Å². The summed E-state index contributed by atoms with van der Waals surface area (Å²) in [5.74, 6) is 2.85. The maximum atomic E-state index is 13.8. The number of hydrazone groups is 1. The molecule has 0 radical (unpaired) electrons. The Morgan fingerprint density at radius 1 is 0.872 bits per heavy atom. The van der Waals surface area contributed by atoms with Crippen molar-refractivity contribution in [2.45, 2.75) is 24.2 Å². The van der Waals surface area contributed by atoms with Gasteiger partial charge in [0.1, 0.15) is 17.2 Å². The molecule has 0 spiro atoms. The number of rotatable bonds is 13. The molecule has 0 saturated carbocycles. The van der Waals surface area contributed by atoms with E-state index in [9.17, 15) is 9.59 Å². The van der Waals surface area contributed by atoms with Gasteiger partial charge in [0.2, 0.25) is 0 Å². The van der Waals surface area contributed by atoms with E-state index >= 15 is 0 Å². The van der Waals surface area contributed by atoms with Gasteiger partial charge in [-0.3, -0.25) is 9.59 Å². The average molecular weight is 661 g/mol. The molecule has 1 unspecified atom stereocenters. The topological polar surface area (TPSA) is 139 Å². The normalized spacial score (nSPS) is 14.0. The van der Waals surface area contributed by atoms with E-state index in [0.29, 0.717) is 46.0 Å². The first kappa shape index (κ1) is 33.1. The van der Waals surface area contributed by atoms with Crippen molar-refractivity contribution >= 4 is 29.3 Å². The molecule has 0 aliphatic carbocycles. The molecule has 1 aliphatic heterocycles. The highest BCUT2D eigenvalue weighted by Gasteiger charge is 2.35. The number of nitrogens with one attached hydrogen (secondary N) is 1. The zero-order valence-corrected chi connectivity index (χ0v) is 27.8. The monoisotopic (exact) mass is 660 g/mol. The molecule has 0 saturated heterocycles. The van der Waals surface area contributed by atoms with Gasteiger partial charge in [-0.1, -0.05) is 23.9 Å². The van der Waals surface area contributed by atoms with Crippen LogP contribution in [0.2, 0.25) is 0 Å². The molecule has 2 heterocycles. The number of hydrogen-bond acceptors (Lipinski definition) is 11. The highest BCUT2D eigenvalue weighted by atomic mass is 32.2. The summed E-state index contributed by atoms with van der Waals surface area (Å²) in [5, 5.41) is 18.1. The fraction of sp³-hybridized carbons (Fsp3) is 0.303. The fourth-order valence-electron chi connectivity index (χ4n) is 5.13. The van der Waals surface area contributed by atoms with Crippen LogP contribution in [0.5, 0.6) is 28.7 Å². The van der Waals surface area contributed by atoms with E-state index < -0.39 is 6.04 Å². The van der Waals surface area contributed by atoms with Crippen LogP contribution >= 0.6 is 11.8 Å². The highest BCUT2D eigenvalue weighted by Crippen LogP contribution is 2.42. The minimum absolute atomic E-state index is 0.0457. The third kappa shape index (κ3) is 7.27. The molecule has 1 N–H and O–H groups in total. The molecule has 246 valence electrons. The number of amides is 2. The third-order valence-corrected chi connectivity index (χ3v) is 8.66. The predicted molar refractivity (Wildman–Crippen MR) is 176 cm³/mol. The van der Waals surface area contributed by atoms with Crippen molar-refractivity contribution in [1.29, 1.82) is 0 Å². The molecule has 0 fully saturated rings. The number of methoxy groups -OCH3 is 5. The summed E-state index contributed by atoms with van der Waals surface area (Å²) in [6.45, 7) is 0.121. The maximum absolute atomic E-state index is 13.8. The molecule has 13 nitrogen and oxygen atoms in total. The van der Waals surface area contributed by atoms with Gasteiger partial charge in [-0.2, -0.15) is 5.10 Å².